The Balaban J connectivity index is 1.74. The van der Waals surface area contributed by atoms with Crippen LogP contribution >= 0.6 is 23.4 Å². The number of ether oxygens (including phenoxy) is 1. The molecule has 0 saturated heterocycles. The molecule has 0 heterocycles. The van der Waals surface area contributed by atoms with Crippen molar-refractivity contribution >= 4 is 35.2 Å². The molecule has 0 aliphatic carbocycles. The minimum Gasteiger partial charge on any atom is -0.483 e. The number of hydrogen-bond donors (Lipinski definition) is 2. The van der Waals surface area contributed by atoms with E-state index in [0.29, 0.717) is 11.6 Å². The first-order chi connectivity index (χ1) is 11.6. The number of carbonyl (C=O) groups excluding carboxylic acids is 2. The maximum atomic E-state index is 11.8. The molecule has 126 valence electrons. The van der Waals surface area contributed by atoms with Gasteiger partial charge in [-0.25, -0.2) is 0 Å². The van der Waals surface area contributed by atoms with Crippen molar-refractivity contribution in [2.45, 2.75) is 4.90 Å². The van der Waals surface area contributed by atoms with Gasteiger partial charge in [0.25, 0.3) is 11.8 Å². The molecule has 0 radical (unpaired) electrons. The summed E-state index contributed by atoms with van der Waals surface area (Å²) in [7, 11) is 0. The molecule has 2 rings (SSSR count). The second-order valence-corrected chi connectivity index (χ2v) is 6.41. The maximum absolute atomic E-state index is 11.8. The lowest BCUT2D eigenvalue weighted by Gasteiger charge is -2.10. The Morgan fingerprint density at radius 3 is 2.62 bits per heavy atom. The highest BCUT2D eigenvalue weighted by atomic mass is 35.5. The average Bonchev–Trinajstić information content (AvgIpc) is 2.58. The summed E-state index contributed by atoms with van der Waals surface area (Å²) < 4.78 is 5.35. The van der Waals surface area contributed by atoms with Crippen LogP contribution in [-0.2, 0) is 4.79 Å². The lowest BCUT2D eigenvalue weighted by atomic mass is 10.2. The Hall–Kier alpha value is -2.18. The number of nitrogens with one attached hydrogen (secondary N) is 1. The number of benzene rings is 2. The summed E-state index contributed by atoms with van der Waals surface area (Å²) >= 11 is 7.47. The third kappa shape index (κ3) is 5.79. The van der Waals surface area contributed by atoms with Gasteiger partial charge in [-0.3, -0.25) is 9.59 Å². The second-order valence-electron chi connectivity index (χ2n) is 4.80. The average molecular weight is 365 g/mol. The molecule has 0 aliphatic heterocycles. The predicted octanol–water partition coefficient (Wildman–Crippen LogP) is 2.73. The van der Waals surface area contributed by atoms with E-state index in [9.17, 15) is 9.59 Å². The molecule has 2 amide bonds. The van der Waals surface area contributed by atoms with Crippen LogP contribution in [0.2, 0.25) is 5.02 Å². The van der Waals surface area contributed by atoms with Gasteiger partial charge in [-0.1, -0.05) is 29.8 Å². The van der Waals surface area contributed by atoms with Crippen LogP contribution in [0.25, 0.3) is 0 Å². The fourth-order valence-corrected chi connectivity index (χ4v) is 2.85. The molecular weight excluding hydrogens is 348 g/mol. The molecule has 0 bridgehead atoms. The van der Waals surface area contributed by atoms with E-state index in [-0.39, 0.29) is 23.8 Å². The topological polar surface area (TPSA) is 81.4 Å². The normalized spacial score (nSPS) is 10.2. The quantitative estimate of drug-likeness (QED) is 0.557. The van der Waals surface area contributed by atoms with Crippen LogP contribution in [-0.4, -0.2) is 30.7 Å². The highest BCUT2D eigenvalue weighted by molar-refractivity contribution is 7.99. The summed E-state index contributed by atoms with van der Waals surface area (Å²) in [6, 6.07) is 14.4. The molecule has 5 nitrogen and oxygen atoms in total. The molecule has 3 N–H and O–H groups in total. The predicted molar refractivity (Wildman–Crippen MR) is 95.6 cm³/mol. The molecular formula is C17H17ClN2O3S. The van der Waals surface area contributed by atoms with Gasteiger partial charge in [-0.15, -0.1) is 11.8 Å². The van der Waals surface area contributed by atoms with Crippen molar-refractivity contribution in [3.63, 3.8) is 0 Å². The molecule has 2 aromatic rings. The molecule has 0 saturated carbocycles. The highest BCUT2D eigenvalue weighted by Crippen LogP contribution is 2.22. The summed E-state index contributed by atoms with van der Waals surface area (Å²) in [4.78, 5) is 24.3. The summed E-state index contributed by atoms with van der Waals surface area (Å²) in [6.07, 6.45) is 0. The Labute approximate surface area is 149 Å². The van der Waals surface area contributed by atoms with E-state index in [2.05, 4.69) is 5.32 Å². The molecule has 0 spiro atoms. The van der Waals surface area contributed by atoms with Gasteiger partial charge in [-0.05, 0) is 30.3 Å². The van der Waals surface area contributed by atoms with Gasteiger partial charge in [0.1, 0.15) is 5.75 Å². The SMILES string of the molecule is NC(=O)c1cc(Cl)ccc1OCC(=O)NCCSc1ccccc1. The van der Waals surface area contributed by atoms with Crippen LogP contribution in [0.15, 0.2) is 53.4 Å². The number of halogens is 1. The smallest absolute Gasteiger partial charge is 0.257 e. The lowest BCUT2D eigenvalue weighted by molar-refractivity contribution is -0.122. The summed E-state index contributed by atoms with van der Waals surface area (Å²) in [5.41, 5.74) is 5.41. The molecule has 24 heavy (non-hydrogen) atoms. The van der Waals surface area contributed by atoms with Crippen LogP contribution in [0.4, 0.5) is 0 Å². The van der Waals surface area contributed by atoms with Gasteiger partial charge < -0.3 is 15.8 Å². The van der Waals surface area contributed by atoms with Gasteiger partial charge in [-0.2, -0.15) is 0 Å². The lowest BCUT2D eigenvalue weighted by Crippen LogP contribution is -2.31. The zero-order valence-electron chi connectivity index (χ0n) is 12.8. The number of carbonyl (C=O) groups is 2. The van der Waals surface area contributed by atoms with Gasteiger partial charge in [0.05, 0.1) is 5.56 Å². The fraction of sp³-hybridized carbons (Fsp3) is 0.176. The summed E-state index contributed by atoms with van der Waals surface area (Å²) in [5, 5.41) is 3.13. The van der Waals surface area contributed by atoms with Crippen molar-refractivity contribution < 1.29 is 14.3 Å². The van der Waals surface area contributed by atoms with Crippen LogP contribution in [0.5, 0.6) is 5.75 Å². The van der Waals surface area contributed by atoms with Gasteiger partial charge in [0, 0.05) is 22.2 Å². The first-order valence-corrected chi connectivity index (χ1v) is 8.59. The van der Waals surface area contributed by atoms with E-state index >= 15 is 0 Å². The second kappa shape index (κ2) is 9.20. The monoisotopic (exact) mass is 364 g/mol. The van der Waals surface area contributed by atoms with E-state index in [1.54, 1.807) is 17.8 Å². The summed E-state index contributed by atoms with van der Waals surface area (Å²) in [5.74, 6) is 0.0605. The van der Waals surface area contributed by atoms with E-state index < -0.39 is 5.91 Å². The van der Waals surface area contributed by atoms with Crippen LogP contribution in [0, 0.1) is 0 Å². The fourth-order valence-electron chi connectivity index (χ4n) is 1.89. The van der Waals surface area contributed by atoms with E-state index in [4.69, 9.17) is 22.1 Å². The van der Waals surface area contributed by atoms with Crippen LogP contribution < -0.4 is 15.8 Å². The number of rotatable bonds is 8. The third-order valence-electron chi connectivity index (χ3n) is 3.00. The number of nitrogens with two attached hydrogens (primary N) is 1. The van der Waals surface area contributed by atoms with Crippen molar-refractivity contribution in [1.29, 1.82) is 0 Å². The Morgan fingerprint density at radius 2 is 1.92 bits per heavy atom. The summed E-state index contributed by atoms with van der Waals surface area (Å²) in [6.45, 7) is 0.322. The minimum atomic E-state index is -0.660. The van der Waals surface area contributed by atoms with Crippen molar-refractivity contribution in [3.8, 4) is 5.75 Å². The van der Waals surface area contributed by atoms with Gasteiger partial charge in [0.2, 0.25) is 0 Å². The number of amides is 2. The van der Waals surface area contributed by atoms with E-state index in [0.717, 1.165) is 10.6 Å². The number of primary amides is 1. The Morgan fingerprint density at radius 1 is 1.17 bits per heavy atom. The van der Waals surface area contributed by atoms with Crippen LogP contribution in [0.3, 0.4) is 0 Å². The van der Waals surface area contributed by atoms with Gasteiger partial charge >= 0.3 is 0 Å². The number of hydrogen-bond acceptors (Lipinski definition) is 4. The van der Waals surface area contributed by atoms with E-state index in [1.807, 2.05) is 30.3 Å². The maximum Gasteiger partial charge on any atom is 0.257 e. The number of thioether (sulfide) groups is 1. The largest absolute Gasteiger partial charge is 0.483 e. The van der Waals surface area contributed by atoms with Crippen molar-refractivity contribution in [1.82, 2.24) is 5.32 Å². The zero-order valence-corrected chi connectivity index (χ0v) is 14.4. The molecule has 0 unspecified atom stereocenters. The Bertz CT molecular complexity index is 710. The minimum absolute atomic E-state index is 0.148. The van der Waals surface area contributed by atoms with E-state index in [1.165, 1.54) is 12.1 Å². The van der Waals surface area contributed by atoms with Gasteiger partial charge in [0.15, 0.2) is 6.61 Å². The molecule has 2 aromatic carbocycles. The molecule has 0 aliphatic rings. The molecule has 0 aromatic heterocycles. The van der Waals surface area contributed by atoms with Crippen molar-refractivity contribution in [3.05, 3.63) is 59.1 Å². The highest BCUT2D eigenvalue weighted by Gasteiger charge is 2.11. The molecule has 7 heteroatoms. The van der Waals surface area contributed by atoms with Crippen molar-refractivity contribution in [2.75, 3.05) is 18.9 Å². The standard InChI is InChI=1S/C17H17ClN2O3S/c18-12-6-7-15(14(10-12)17(19)22)23-11-16(21)20-8-9-24-13-4-2-1-3-5-13/h1-7,10H,8-9,11H2,(H2,19,22)(H,20,21). The Kier molecular flexibility index (Phi) is 6.96. The first-order valence-electron chi connectivity index (χ1n) is 7.23. The molecule has 0 atom stereocenters. The first kappa shape index (κ1) is 18.2. The zero-order chi connectivity index (χ0) is 17.4. The van der Waals surface area contributed by atoms with Crippen molar-refractivity contribution in [2.24, 2.45) is 5.73 Å². The van der Waals surface area contributed by atoms with Crippen LogP contribution in [0.1, 0.15) is 10.4 Å². The third-order valence-corrected chi connectivity index (χ3v) is 4.25. The molecule has 0 fully saturated rings.